The number of nitrogens with zero attached hydrogens (tertiary/aromatic N) is 4. The van der Waals surface area contributed by atoms with Crippen LogP contribution in [0.4, 0.5) is 0 Å². The molecule has 0 N–H and O–H groups in total. The summed E-state index contributed by atoms with van der Waals surface area (Å²) in [7, 11) is 0. The average molecular weight is 382 g/mol. The molecule has 0 bridgehead atoms. The molecule has 8 nitrogen and oxygen atoms in total. The highest BCUT2D eigenvalue weighted by molar-refractivity contribution is 5.92. The molecule has 0 radical (unpaired) electrons. The lowest BCUT2D eigenvalue weighted by Crippen LogP contribution is -2.38. The maximum absolute atomic E-state index is 12.7. The van der Waals surface area contributed by atoms with E-state index in [4.69, 9.17) is 9.47 Å². The SMILES string of the molecule is Cc1cnc(C(=O)N2CCCN(C(=O)Cc3ccc4c(c3)OCO4)CC2)cn1. The molecule has 1 fully saturated rings. The van der Waals surface area contributed by atoms with E-state index in [-0.39, 0.29) is 18.6 Å². The molecule has 8 heteroatoms. The quantitative estimate of drug-likeness (QED) is 0.798. The van der Waals surface area contributed by atoms with Gasteiger partial charge in [0.15, 0.2) is 11.5 Å². The number of carbonyl (C=O) groups excluding carboxylic acids is 2. The van der Waals surface area contributed by atoms with Crippen LogP contribution < -0.4 is 9.47 Å². The summed E-state index contributed by atoms with van der Waals surface area (Å²) in [6.07, 6.45) is 4.13. The second-order valence-electron chi connectivity index (χ2n) is 6.93. The molecule has 1 aromatic heterocycles. The second kappa shape index (κ2) is 7.84. The van der Waals surface area contributed by atoms with Gasteiger partial charge in [-0.2, -0.15) is 0 Å². The number of ether oxygens (including phenoxy) is 2. The summed E-state index contributed by atoms with van der Waals surface area (Å²) in [4.78, 5) is 37.2. The van der Waals surface area contributed by atoms with Crippen LogP contribution in [0.5, 0.6) is 11.5 Å². The van der Waals surface area contributed by atoms with E-state index in [1.165, 1.54) is 6.20 Å². The number of hydrogen-bond acceptors (Lipinski definition) is 6. The van der Waals surface area contributed by atoms with E-state index in [1.54, 1.807) is 11.1 Å². The van der Waals surface area contributed by atoms with Crippen LogP contribution in [0, 0.1) is 6.92 Å². The van der Waals surface area contributed by atoms with Gasteiger partial charge >= 0.3 is 0 Å². The summed E-state index contributed by atoms with van der Waals surface area (Å²) < 4.78 is 10.7. The van der Waals surface area contributed by atoms with Crippen molar-refractivity contribution in [2.75, 3.05) is 33.0 Å². The van der Waals surface area contributed by atoms with Crippen molar-refractivity contribution in [2.24, 2.45) is 0 Å². The molecule has 1 saturated heterocycles. The first-order valence-corrected chi connectivity index (χ1v) is 9.34. The van der Waals surface area contributed by atoms with E-state index in [9.17, 15) is 9.59 Å². The van der Waals surface area contributed by atoms with Crippen LogP contribution in [0.15, 0.2) is 30.6 Å². The predicted molar refractivity (Wildman–Crippen MR) is 100 cm³/mol. The predicted octanol–water partition coefficient (Wildman–Crippen LogP) is 1.43. The van der Waals surface area contributed by atoms with E-state index in [0.717, 1.165) is 17.7 Å². The Morgan fingerprint density at radius 2 is 1.79 bits per heavy atom. The maximum Gasteiger partial charge on any atom is 0.274 e. The smallest absolute Gasteiger partial charge is 0.274 e. The number of carbonyl (C=O) groups is 2. The molecule has 146 valence electrons. The van der Waals surface area contributed by atoms with Gasteiger partial charge in [0, 0.05) is 32.4 Å². The third-order valence-corrected chi connectivity index (χ3v) is 4.93. The Kier molecular flexibility index (Phi) is 5.10. The Morgan fingerprint density at radius 1 is 1.00 bits per heavy atom. The molecule has 2 amide bonds. The van der Waals surface area contributed by atoms with Crippen molar-refractivity contribution >= 4 is 11.8 Å². The summed E-state index contributed by atoms with van der Waals surface area (Å²) in [5.41, 5.74) is 2.00. The van der Waals surface area contributed by atoms with Gasteiger partial charge in [0.1, 0.15) is 5.69 Å². The molecular weight excluding hydrogens is 360 g/mol. The summed E-state index contributed by atoms with van der Waals surface area (Å²) >= 11 is 0. The summed E-state index contributed by atoms with van der Waals surface area (Å²) in [5, 5.41) is 0. The van der Waals surface area contributed by atoms with Crippen LogP contribution in [-0.4, -0.2) is 64.6 Å². The number of fused-ring (bicyclic) bond motifs is 1. The normalized spacial score (nSPS) is 16.0. The van der Waals surface area contributed by atoms with Gasteiger partial charge < -0.3 is 19.3 Å². The van der Waals surface area contributed by atoms with Crippen molar-refractivity contribution in [1.82, 2.24) is 19.8 Å². The van der Waals surface area contributed by atoms with Gasteiger partial charge in [-0.05, 0) is 31.0 Å². The minimum absolute atomic E-state index is 0.0447. The highest BCUT2D eigenvalue weighted by Crippen LogP contribution is 2.32. The lowest BCUT2D eigenvalue weighted by Gasteiger charge is -2.22. The fraction of sp³-hybridized carbons (Fsp3) is 0.400. The number of benzene rings is 1. The summed E-state index contributed by atoms with van der Waals surface area (Å²) in [5.74, 6) is 1.29. The average Bonchev–Trinajstić information content (AvgIpc) is 3.02. The number of amides is 2. The molecule has 4 rings (SSSR count). The van der Waals surface area contributed by atoms with Gasteiger partial charge in [0.05, 0.1) is 18.3 Å². The molecule has 28 heavy (non-hydrogen) atoms. The fourth-order valence-corrected chi connectivity index (χ4v) is 3.37. The van der Waals surface area contributed by atoms with Crippen LogP contribution in [0.1, 0.15) is 28.2 Å². The van der Waals surface area contributed by atoms with Crippen LogP contribution >= 0.6 is 0 Å². The standard InChI is InChI=1S/C20H22N4O4/c1-14-11-22-16(12-21-14)20(26)24-6-2-5-23(7-8-24)19(25)10-15-3-4-17-18(9-15)28-13-27-17/h3-4,9,11-12H,2,5-8,10,13H2,1H3. The van der Waals surface area contributed by atoms with Crippen molar-refractivity contribution in [3.8, 4) is 11.5 Å². The minimum atomic E-state index is -0.141. The van der Waals surface area contributed by atoms with Crippen LogP contribution in [0.25, 0.3) is 0 Å². The molecule has 0 aliphatic carbocycles. The zero-order valence-corrected chi connectivity index (χ0v) is 15.8. The molecule has 0 unspecified atom stereocenters. The van der Waals surface area contributed by atoms with Gasteiger partial charge in [-0.15, -0.1) is 0 Å². The first kappa shape index (κ1) is 18.2. The summed E-state index contributed by atoms with van der Waals surface area (Å²) in [6, 6.07) is 5.56. The van der Waals surface area contributed by atoms with Crippen LogP contribution in [0.3, 0.4) is 0 Å². The monoisotopic (exact) mass is 382 g/mol. The van der Waals surface area contributed by atoms with Gasteiger partial charge in [0.25, 0.3) is 5.91 Å². The van der Waals surface area contributed by atoms with Crippen molar-refractivity contribution < 1.29 is 19.1 Å². The number of rotatable bonds is 3. The van der Waals surface area contributed by atoms with Crippen molar-refractivity contribution in [2.45, 2.75) is 19.8 Å². The molecule has 2 aliphatic rings. The minimum Gasteiger partial charge on any atom is -0.454 e. The highest BCUT2D eigenvalue weighted by Gasteiger charge is 2.24. The van der Waals surface area contributed by atoms with Crippen LogP contribution in [0.2, 0.25) is 0 Å². The van der Waals surface area contributed by atoms with E-state index in [1.807, 2.05) is 30.0 Å². The van der Waals surface area contributed by atoms with Gasteiger partial charge in [-0.3, -0.25) is 14.6 Å². The van der Waals surface area contributed by atoms with E-state index in [2.05, 4.69) is 9.97 Å². The molecular formula is C20H22N4O4. The number of aryl methyl sites for hydroxylation is 1. The second-order valence-corrected chi connectivity index (χ2v) is 6.93. The van der Waals surface area contributed by atoms with E-state index >= 15 is 0 Å². The Hall–Kier alpha value is -3.16. The largest absolute Gasteiger partial charge is 0.454 e. The maximum atomic E-state index is 12.7. The Labute approximate surface area is 163 Å². The first-order valence-electron chi connectivity index (χ1n) is 9.34. The molecule has 0 spiro atoms. The molecule has 3 heterocycles. The zero-order chi connectivity index (χ0) is 19.5. The van der Waals surface area contributed by atoms with Crippen molar-refractivity contribution in [3.05, 3.63) is 47.5 Å². The molecule has 0 saturated carbocycles. The summed E-state index contributed by atoms with van der Waals surface area (Å²) in [6.45, 7) is 4.27. The van der Waals surface area contributed by atoms with Crippen LogP contribution in [-0.2, 0) is 11.2 Å². The number of aromatic nitrogens is 2. The number of hydrogen-bond donors (Lipinski definition) is 0. The first-order chi connectivity index (χ1) is 13.6. The van der Waals surface area contributed by atoms with E-state index in [0.29, 0.717) is 49.8 Å². The molecule has 2 aliphatic heterocycles. The van der Waals surface area contributed by atoms with Gasteiger partial charge in [-0.25, -0.2) is 4.98 Å². The lowest BCUT2D eigenvalue weighted by molar-refractivity contribution is -0.130. The highest BCUT2D eigenvalue weighted by atomic mass is 16.7. The Balaban J connectivity index is 1.36. The molecule has 2 aromatic rings. The molecule has 0 atom stereocenters. The van der Waals surface area contributed by atoms with Crippen molar-refractivity contribution in [3.63, 3.8) is 0 Å². The lowest BCUT2D eigenvalue weighted by atomic mass is 10.1. The van der Waals surface area contributed by atoms with Crippen molar-refractivity contribution in [1.29, 1.82) is 0 Å². The Bertz CT molecular complexity index is 884. The zero-order valence-electron chi connectivity index (χ0n) is 15.8. The Morgan fingerprint density at radius 3 is 2.61 bits per heavy atom. The fourth-order valence-electron chi connectivity index (χ4n) is 3.37. The van der Waals surface area contributed by atoms with Gasteiger partial charge in [-0.1, -0.05) is 6.07 Å². The third-order valence-electron chi connectivity index (χ3n) is 4.93. The van der Waals surface area contributed by atoms with Gasteiger partial charge in [0.2, 0.25) is 12.7 Å². The van der Waals surface area contributed by atoms with E-state index < -0.39 is 0 Å². The third kappa shape index (κ3) is 3.90. The molecule has 1 aromatic carbocycles. The topological polar surface area (TPSA) is 84.9 Å².